The normalized spacial score (nSPS) is 12.8. The first-order valence-electron chi connectivity index (χ1n) is 10.5. The monoisotopic (exact) mass is 482 g/mol. The molecule has 1 aliphatic rings. The number of nitrogens with two attached hydrogens (primary N) is 1. The van der Waals surface area contributed by atoms with Crippen LogP contribution < -0.4 is 31.2 Å². The number of primary amides is 1. The van der Waals surface area contributed by atoms with Crippen molar-refractivity contribution in [2.45, 2.75) is 19.9 Å². The molecule has 2 amide bonds. The zero-order chi connectivity index (χ0) is 24.2. The standard InChI is InChI=1S/C23H23ClN6O4/c1-12(2)18(21(25)31)30-22(32)13-4-3-5-14(10-13)27-23-26-9-8-17(29-23)28-19-15(24)6-7-16-20(19)34-11-33-16/h3-10,12,18H,11H2,1-2H3,(H2,25,31)(H,30,32)(H2,26,27,28,29). The van der Waals surface area contributed by atoms with Crippen molar-refractivity contribution in [3.63, 3.8) is 0 Å². The highest BCUT2D eigenvalue weighted by Gasteiger charge is 2.23. The molecule has 3 aromatic rings. The number of fused-ring (bicyclic) bond motifs is 1. The minimum absolute atomic E-state index is 0.113. The van der Waals surface area contributed by atoms with Gasteiger partial charge in [-0.2, -0.15) is 4.98 Å². The second-order valence-corrected chi connectivity index (χ2v) is 8.26. The van der Waals surface area contributed by atoms with Gasteiger partial charge in [-0.3, -0.25) is 9.59 Å². The van der Waals surface area contributed by atoms with E-state index in [4.69, 9.17) is 26.8 Å². The Hall–Kier alpha value is -4.05. The quantitative estimate of drug-likeness (QED) is 0.382. The summed E-state index contributed by atoms with van der Waals surface area (Å²) in [5, 5.41) is 9.32. The highest BCUT2D eigenvalue weighted by atomic mass is 35.5. The third-order valence-electron chi connectivity index (χ3n) is 5.04. The van der Waals surface area contributed by atoms with E-state index in [1.807, 2.05) is 13.8 Å². The average molecular weight is 483 g/mol. The lowest BCUT2D eigenvalue weighted by molar-refractivity contribution is -0.120. The van der Waals surface area contributed by atoms with E-state index in [2.05, 4.69) is 25.9 Å². The molecular formula is C23H23ClN6O4. The molecule has 0 radical (unpaired) electrons. The van der Waals surface area contributed by atoms with Gasteiger partial charge in [-0.05, 0) is 42.3 Å². The van der Waals surface area contributed by atoms with Gasteiger partial charge in [0.05, 0.1) is 5.02 Å². The maximum Gasteiger partial charge on any atom is 0.252 e. The lowest BCUT2D eigenvalue weighted by Crippen LogP contribution is -2.47. The lowest BCUT2D eigenvalue weighted by atomic mass is 10.0. The molecule has 1 aromatic heterocycles. The second kappa shape index (κ2) is 9.84. The van der Waals surface area contributed by atoms with Crippen LogP contribution in [0.1, 0.15) is 24.2 Å². The second-order valence-electron chi connectivity index (χ2n) is 7.85. The molecule has 5 N–H and O–H groups in total. The minimum Gasteiger partial charge on any atom is -0.454 e. The number of nitrogens with one attached hydrogen (secondary N) is 3. The van der Waals surface area contributed by atoms with Crippen LogP contribution in [0.25, 0.3) is 0 Å². The van der Waals surface area contributed by atoms with Crippen LogP contribution in [0.3, 0.4) is 0 Å². The van der Waals surface area contributed by atoms with Crippen LogP contribution in [0.15, 0.2) is 48.7 Å². The SMILES string of the molecule is CC(C)C(NC(=O)c1cccc(Nc2nccc(Nc3c(Cl)ccc4c3OCO4)n2)c1)C(N)=O. The Labute approximate surface area is 200 Å². The molecule has 1 atom stereocenters. The summed E-state index contributed by atoms with van der Waals surface area (Å²) in [5.41, 5.74) is 6.87. The number of aromatic nitrogens is 2. The number of carbonyl (C=O) groups is 2. The highest BCUT2D eigenvalue weighted by Crippen LogP contribution is 2.44. The smallest absolute Gasteiger partial charge is 0.252 e. The first-order valence-corrected chi connectivity index (χ1v) is 10.8. The number of rotatable bonds is 8. The Morgan fingerprint density at radius 3 is 2.71 bits per heavy atom. The van der Waals surface area contributed by atoms with Gasteiger partial charge in [-0.15, -0.1) is 0 Å². The Bertz CT molecular complexity index is 1240. The topological polar surface area (TPSA) is 140 Å². The number of anilines is 4. The molecular weight excluding hydrogens is 460 g/mol. The maximum absolute atomic E-state index is 12.6. The van der Waals surface area contributed by atoms with Gasteiger partial charge in [0, 0.05) is 17.4 Å². The Kier molecular flexibility index (Phi) is 6.69. The molecule has 176 valence electrons. The molecule has 1 unspecified atom stereocenters. The third kappa shape index (κ3) is 5.12. The van der Waals surface area contributed by atoms with Crippen molar-refractivity contribution in [2.24, 2.45) is 11.7 Å². The van der Waals surface area contributed by atoms with Crippen molar-refractivity contribution in [1.82, 2.24) is 15.3 Å². The van der Waals surface area contributed by atoms with Gasteiger partial charge in [0.2, 0.25) is 18.6 Å². The van der Waals surface area contributed by atoms with Gasteiger partial charge in [0.1, 0.15) is 17.5 Å². The molecule has 1 aliphatic heterocycles. The zero-order valence-electron chi connectivity index (χ0n) is 18.5. The number of benzene rings is 2. The summed E-state index contributed by atoms with van der Waals surface area (Å²) in [5.74, 6) is 0.728. The summed E-state index contributed by atoms with van der Waals surface area (Å²) in [6.07, 6.45) is 1.57. The number of carbonyl (C=O) groups excluding carboxylic acids is 2. The fourth-order valence-electron chi connectivity index (χ4n) is 3.34. The third-order valence-corrected chi connectivity index (χ3v) is 5.35. The summed E-state index contributed by atoms with van der Waals surface area (Å²) in [4.78, 5) is 32.9. The molecule has 0 bridgehead atoms. The van der Waals surface area contributed by atoms with E-state index >= 15 is 0 Å². The van der Waals surface area contributed by atoms with Gasteiger partial charge in [-0.1, -0.05) is 31.5 Å². The highest BCUT2D eigenvalue weighted by molar-refractivity contribution is 6.33. The first kappa shape index (κ1) is 23.1. The van der Waals surface area contributed by atoms with E-state index in [9.17, 15) is 9.59 Å². The molecule has 2 aromatic carbocycles. The van der Waals surface area contributed by atoms with Crippen molar-refractivity contribution < 1.29 is 19.1 Å². The summed E-state index contributed by atoms with van der Waals surface area (Å²) in [6, 6.07) is 11.1. The van der Waals surface area contributed by atoms with E-state index in [0.717, 1.165) is 0 Å². The van der Waals surface area contributed by atoms with Crippen LogP contribution in [-0.2, 0) is 4.79 Å². The molecule has 0 saturated heterocycles. The van der Waals surface area contributed by atoms with Crippen molar-refractivity contribution in [3.8, 4) is 11.5 Å². The van der Waals surface area contributed by atoms with Crippen LogP contribution in [0.5, 0.6) is 11.5 Å². The molecule has 0 saturated carbocycles. The Morgan fingerprint density at radius 1 is 1.12 bits per heavy atom. The van der Waals surface area contributed by atoms with Crippen molar-refractivity contribution in [2.75, 3.05) is 17.4 Å². The predicted octanol–water partition coefficient (Wildman–Crippen LogP) is 3.59. The Morgan fingerprint density at radius 2 is 1.94 bits per heavy atom. The predicted molar refractivity (Wildman–Crippen MR) is 128 cm³/mol. The fraction of sp³-hybridized carbons (Fsp3) is 0.217. The fourth-order valence-corrected chi connectivity index (χ4v) is 3.54. The Balaban J connectivity index is 1.50. The molecule has 10 nitrogen and oxygen atoms in total. The molecule has 11 heteroatoms. The van der Waals surface area contributed by atoms with E-state index in [1.165, 1.54) is 0 Å². The average Bonchev–Trinajstić information content (AvgIpc) is 3.28. The van der Waals surface area contributed by atoms with Gasteiger partial charge >= 0.3 is 0 Å². The van der Waals surface area contributed by atoms with Crippen LogP contribution >= 0.6 is 11.6 Å². The largest absolute Gasteiger partial charge is 0.454 e. The molecule has 34 heavy (non-hydrogen) atoms. The number of hydrogen-bond acceptors (Lipinski definition) is 8. The number of halogens is 1. The number of hydrogen-bond donors (Lipinski definition) is 4. The van der Waals surface area contributed by atoms with Crippen molar-refractivity contribution >= 4 is 46.6 Å². The van der Waals surface area contributed by atoms with Gasteiger partial charge in [0.15, 0.2) is 11.5 Å². The molecule has 2 heterocycles. The van der Waals surface area contributed by atoms with Crippen LogP contribution in [0.4, 0.5) is 23.1 Å². The summed E-state index contributed by atoms with van der Waals surface area (Å²) in [7, 11) is 0. The van der Waals surface area contributed by atoms with E-state index in [0.29, 0.717) is 45.2 Å². The van der Waals surface area contributed by atoms with Gasteiger partial charge in [0.25, 0.3) is 5.91 Å². The molecule has 4 rings (SSSR count). The maximum atomic E-state index is 12.6. The molecule has 0 spiro atoms. The van der Waals surface area contributed by atoms with Crippen LogP contribution in [0.2, 0.25) is 5.02 Å². The minimum atomic E-state index is -0.768. The van der Waals surface area contributed by atoms with E-state index in [1.54, 1.807) is 48.7 Å². The van der Waals surface area contributed by atoms with Crippen molar-refractivity contribution in [3.05, 3.63) is 59.2 Å². The number of ether oxygens (including phenoxy) is 2. The van der Waals surface area contributed by atoms with Gasteiger partial charge in [-0.25, -0.2) is 4.98 Å². The first-order chi connectivity index (χ1) is 16.3. The number of nitrogens with zero attached hydrogens (tertiary/aromatic N) is 2. The van der Waals surface area contributed by atoms with E-state index in [-0.39, 0.29) is 12.7 Å². The number of amides is 2. The van der Waals surface area contributed by atoms with Crippen molar-refractivity contribution in [1.29, 1.82) is 0 Å². The van der Waals surface area contributed by atoms with Gasteiger partial charge < -0.3 is 31.2 Å². The molecule has 0 aliphatic carbocycles. The zero-order valence-corrected chi connectivity index (χ0v) is 19.2. The molecule has 0 fully saturated rings. The lowest BCUT2D eigenvalue weighted by Gasteiger charge is -2.19. The van der Waals surface area contributed by atoms with Crippen LogP contribution in [0, 0.1) is 5.92 Å². The summed E-state index contributed by atoms with van der Waals surface area (Å²) >= 11 is 6.33. The summed E-state index contributed by atoms with van der Waals surface area (Å²) < 4.78 is 10.9. The van der Waals surface area contributed by atoms with E-state index < -0.39 is 17.9 Å². The van der Waals surface area contributed by atoms with Crippen LogP contribution in [-0.4, -0.2) is 34.6 Å². The summed E-state index contributed by atoms with van der Waals surface area (Å²) in [6.45, 7) is 3.73.